The number of nitrogens with zero attached hydrogens (tertiary/aromatic N) is 3. The van der Waals surface area contributed by atoms with Gasteiger partial charge in [-0.15, -0.1) is 0 Å². The first kappa shape index (κ1) is 15.2. The average molecular weight is 293 g/mol. The second-order valence-corrected chi connectivity index (χ2v) is 5.54. The van der Waals surface area contributed by atoms with Crippen molar-refractivity contribution in [2.24, 2.45) is 0 Å². The zero-order chi connectivity index (χ0) is 15.6. The summed E-state index contributed by atoms with van der Waals surface area (Å²) >= 11 is 0. The number of nitro groups is 1. The minimum absolute atomic E-state index is 0.135. The summed E-state index contributed by atoms with van der Waals surface area (Å²) in [6, 6.07) is 2.54. The second-order valence-electron chi connectivity index (χ2n) is 5.54. The molecule has 2 atom stereocenters. The number of carbonyl (C=O) groups is 1. The van der Waals surface area contributed by atoms with Crippen molar-refractivity contribution in [2.75, 3.05) is 0 Å². The third kappa shape index (κ3) is 3.29. The Balaban J connectivity index is 2.21. The van der Waals surface area contributed by atoms with Crippen LogP contribution in [0.5, 0.6) is 0 Å². The van der Waals surface area contributed by atoms with E-state index in [1.165, 1.54) is 0 Å². The molecule has 7 heteroatoms. The van der Waals surface area contributed by atoms with Gasteiger partial charge in [0, 0.05) is 24.2 Å². The predicted octanol–water partition coefficient (Wildman–Crippen LogP) is 1.55. The van der Waals surface area contributed by atoms with Gasteiger partial charge in [-0.3, -0.25) is 24.3 Å². The van der Waals surface area contributed by atoms with Gasteiger partial charge in [-0.05, 0) is 33.1 Å². The van der Waals surface area contributed by atoms with Crippen LogP contribution in [0.25, 0.3) is 0 Å². The SMILES string of the molecule is CC1CCCC(C)N1C(=O)Cn1cc([N+](=O)[O-])ccc1=O. The Morgan fingerprint density at radius 2 is 1.95 bits per heavy atom. The average Bonchev–Trinajstić information content (AvgIpc) is 2.40. The number of amides is 1. The van der Waals surface area contributed by atoms with E-state index >= 15 is 0 Å². The zero-order valence-electron chi connectivity index (χ0n) is 12.2. The molecule has 1 amide bonds. The minimum atomic E-state index is -0.577. The van der Waals surface area contributed by atoms with Crippen LogP contribution in [0.1, 0.15) is 33.1 Å². The molecule has 7 nitrogen and oxygen atoms in total. The molecule has 2 unspecified atom stereocenters. The van der Waals surface area contributed by atoms with Crippen molar-refractivity contribution in [1.29, 1.82) is 0 Å². The monoisotopic (exact) mass is 293 g/mol. The molecule has 0 N–H and O–H groups in total. The van der Waals surface area contributed by atoms with Crippen molar-refractivity contribution in [3.63, 3.8) is 0 Å². The zero-order valence-corrected chi connectivity index (χ0v) is 12.2. The topological polar surface area (TPSA) is 85.4 Å². The highest BCUT2D eigenvalue weighted by Gasteiger charge is 2.29. The fourth-order valence-electron chi connectivity index (χ4n) is 2.89. The van der Waals surface area contributed by atoms with Crippen molar-refractivity contribution < 1.29 is 9.72 Å². The first-order chi connectivity index (χ1) is 9.90. The van der Waals surface area contributed by atoms with E-state index in [2.05, 4.69) is 0 Å². The maximum absolute atomic E-state index is 12.4. The van der Waals surface area contributed by atoms with E-state index in [1.807, 2.05) is 13.8 Å². The highest BCUT2D eigenvalue weighted by Crippen LogP contribution is 2.22. The molecule has 1 aliphatic rings. The van der Waals surface area contributed by atoms with Crippen LogP contribution in [0.15, 0.2) is 23.1 Å². The summed E-state index contributed by atoms with van der Waals surface area (Å²) in [4.78, 5) is 36.1. The predicted molar refractivity (Wildman–Crippen MR) is 77.0 cm³/mol. The highest BCUT2D eigenvalue weighted by atomic mass is 16.6. The Morgan fingerprint density at radius 3 is 2.52 bits per heavy atom. The Morgan fingerprint density at radius 1 is 1.33 bits per heavy atom. The fraction of sp³-hybridized carbons (Fsp3) is 0.571. The maximum atomic E-state index is 12.4. The molecule has 114 valence electrons. The molecule has 21 heavy (non-hydrogen) atoms. The van der Waals surface area contributed by atoms with Crippen LogP contribution in [0.4, 0.5) is 5.69 Å². The number of carbonyl (C=O) groups excluding carboxylic acids is 1. The smallest absolute Gasteiger partial charge is 0.285 e. The first-order valence-corrected chi connectivity index (χ1v) is 7.06. The molecule has 0 aromatic carbocycles. The Labute approximate surface area is 122 Å². The molecule has 1 aromatic rings. The summed E-state index contributed by atoms with van der Waals surface area (Å²) in [6.45, 7) is 3.82. The van der Waals surface area contributed by atoms with Gasteiger partial charge < -0.3 is 4.90 Å². The number of hydrogen-bond donors (Lipinski definition) is 0. The second kappa shape index (κ2) is 6.07. The van der Waals surface area contributed by atoms with Crippen molar-refractivity contribution in [3.05, 3.63) is 38.8 Å². The molecular weight excluding hydrogens is 274 g/mol. The third-order valence-corrected chi connectivity index (χ3v) is 3.97. The molecular formula is C14H19N3O4. The number of hydrogen-bond acceptors (Lipinski definition) is 4. The fourth-order valence-corrected chi connectivity index (χ4v) is 2.89. The normalized spacial score (nSPS) is 22.1. The van der Waals surface area contributed by atoms with Crippen molar-refractivity contribution in [3.8, 4) is 0 Å². The standard InChI is InChI=1S/C14H19N3O4/c1-10-4-3-5-11(2)16(10)14(19)9-15-8-12(17(20)21)6-7-13(15)18/h6-8,10-11H,3-5,9H2,1-2H3. The first-order valence-electron chi connectivity index (χ1n) is 7.06. The summed E-state index contributed by atoms with van der Waals surface area (Å²) in [5.74, 6) is -0.169. The molecule has 0 radical (unpaired) electrons. The van der Waals surface area contributed by atoms with E-state index < -0.39 is 10.5 Å². The molecule has 1 aromatic heterocycles. The third-order valence-electron chi connectivity index (χ3n) is 3.97. The van der Waals surface area contributed by atoms with Gasteiger partial charge in [0.05, 0.1) is 11.1 Å². The van der Waals surface area contributed by atoms with Gasteiger partial charge >= 0.3 is 0 Å². The van der Waals surface area contributed by atoms with Crippen LogP contribution >= 0.6 is 0 Å². The molecule has 0 bridgehead atoms. The summed E-state index contributed by atoms with van der Waals surface area (Å²) < 4.78 is 1.11. The molecule has 0 aliphatic carbocycles. The van der Waals surface area contributed by atoms with Crippen molar-refractivity contribution in [2.45, 2.75) is 51.7 Å². The van der Waals surface area contributed by atoms with E-state index in [4.69, 9.17) is 0 Å². The number of piperidine rings is 1. The van der Waals surface area contributed by atoms with Crippen molar-refractivity contribution in [1.82, 2.24) is 9.47 Å². The number of pyridine rings is 1. The summed E-state index contributed by atoms with van der Waals surface area (Å²) in [5.41, 5.74) is -0.603. The minimum Gasteiger partial charge on any atom is -0.336 e. The van der Waals surface area contributed by atoms with Crippen LogP contribution < -0.4 is 5.56 Å². The van der Waals surface area contributed by atoms with Crippen molar-refractivity contribution >= 4 is 11.6 Å². The van der Waals surface area contributed by atoms with E-state index in [0.717, 1.165) is 42.2 Å². The lowest BCUT2D eigenvalue weighted by Gasteiger charge is -2.39. The lowest BCUT2D eigenvalue weighted by Crippen LogP contribution is -2.49. The summed E-state index contributed by atoms with van der Waals surface area (Å²) in [7, 11) is 0. The summed E-state index contributed by atoms with van der Waals surface area (Å²) in [5, 5.41) is 10.8. The molecule has 1 fully saturated rings. The Bertz CT molecular complexity index is 600. The lowest BCUT2D eigenvalue weighted by atomic mass is 9.97. The highest BCUT2D eigenvalue weighted by molar-refractivity contribution is 5.76. The summed E-state index contributed by atoms with van der Waals surface area (Å²) in [6.07, 6.45) is 4.10. The molecule has 0 saturated carbocycles. The quantitative estimate of drug-likeness (QED) is 0.625. The van der Waals surface area contributed by atoms with E-state index in [1.54, 1.807) is 4.90 Å². The van der Waals surface area contributed by atoms with Crippen LogP contribution in [-0.4, -0.2) is 32.4 Å². The van der Waals surface area contributed by atoms with Gasteiger partial charge in [0.2, 0.25) is 5.91 Å². The number of rotatable bonds is 3. The van der Waals surface area contributed by atoms with E-state index in [9.17, 15) is 19.7 Å². The largest absolute Gasteiger partial charge is 0.336 e. The van der Waals surface area contributed by atoms with E-state index in [0.29, 0.717) is 0 Å². The number of aromatic nitrogens is 1. The lowest BCUT2D eigenvalue weighted by molar-refractivity contribution is -0.385. The van der Waals surface area contributed by atoms with Gasteiger partial charge in [0.1, 0.15) is 6.54 Å². The molecule has 0 spiro atoms. The van der Waals surface area contributed by atoms with Gasteiger partial charge in [-0.2, -0.15) is 0 Å². The number of likely N-dealkylation sites (tertiary alicyclic amines) is 1. The van der Waals surface area contributed by atoms with Gasteiger partial charge in [-0.25, -0.2) is 0 Å². The van der Waals surface area contributed by atoms with Crippen LogP contribution in [0.2, 0.25) is 0 Å². The van der Waals surface area contributed by atoms with Crippen LogP contribution in [0.3, 0.4) is 0 Å². The van der Waals surface area contributed by atoms with Gasteiger partial charge in [-0.1, -0.05) is 0 Å². The Hall–Kier alpha value is -2.18. The van der Waals surface area contributed by atoms with E-state index in [-0.39, 0.29) is 30.2 Å². The van der Waals surface area contributed by atoms with Gasteiger partial charge in [0.15, 0.2) is 0 Å². The molecule has 1 saturated heterocycles. The van der Waals surface area contributed by atoms with Crippen LogP contribution in [-0.2, 0) is 11.3 Å². The Kier molecular flexibility index (Phi) is 4.40. The molecule has 1 aliphatic heterocycles. The molecule has 2 rings (SSSR count). The van der Waals surface area contributed by atoms with Crippen LogP contribution in [0, 0.1) is 10.1 Å². The van der Waals surface area contributed by atoms with Gasteiger partial charge in [0.25, 0.3) is 11.2 Å². The maximum Gasteiger partial charge on any atom is 0.285 e. The molecule has 2 heterocycles.